The van der Waals surface area contributed by atoms with Crippen LogP contribution in [-0.4, -0.2) is 62.7 Å². The summed E-state index contributed by atoms with van der Waals surface area (Å²) in [6, 6.07) is 34.0. The van der Waals surface area contributed by atoms with E-state index >= 15 is 0 Å². The molecule has 2 amide bonds. The molecular formula is C42H40N8O4. The lowest BCUT2D eigenvalue weighted by atomic mass is 9.76. The first-order valence-electron chi connectivity index (χ1n) is 18.3. The smallest absolute Gasteiger partial charge is 0.263 e. The summed E-state index contributed by atoms with van der Waals surface area (Å²) in [5, 5.41) is 12.3. The lowest BCUT2D eigenvalue weighted by Crippen LogP contribution is -2.54. The first-order chi connectivity index (χ1) is 26.4. The monoisotopic (exact) mass is 720 g/mol. The zero-order chi connectivity index (χ0) is 36.6. The summed E-state index contributed by atoms with van der Waals surface area (Å²) in [7, 11) is 0. The van der Waals surface area contributed by atoms with Gasteiger partial charge in [-0.2, -0.15) is 10.2 Å². The van der Waals surface area contributed by atoms with Crippen LogP contribution in [0.1, 0.15) is 35.4 Å². The number of rotatable bonds is 10. The lowest BCUT2D eigenvalue weighted by Gasteiger charge is -2.39. The third-order valence-electron chi connectivity index (χ3n) is 10.6. The van der Waals surface area contributed by atoms with Gasteiger partial charge in [-0.15, -0.1) is 0 Å². The molecule has 0 radical (unpaired) electrons. The standard InChI is InChI=1S/C42H40N8O4/c43-41(51)39-26-47(35-6-1-3-8-37(35)53-39)23-29-12-16-32(17-13-29)50-25-30(22-45-50)33-18-19-34(33)46-42(52)40-27-48(36-7-2-4-9-38(36)54-40)24-28-10-14-31(15-11-28)49-21-5-20-44-49/h1-17,20-22,25,33-34,39-40H,18-19,23-24,26-27H2,(H2,43,51)(H,46,52). The van der Waals surface area contributed by atoms with Gasteiger partial charge in [0, 0.05) is 43.6 Å². The summed E-state index contributed by atoms with van der Waals surface area (Å²) in [6.07, 6.45) is 8.17. The number of carbonyl (C=O) groups is 2. The number of fused-ring (bicyclic) bond motifs is 2. The Morgan fingerprint density at radius 3 is 1.87 bits per heavy atom. The van der Waals surface area contributed by atoms with Gasteiger partial charge in [0.1, 0.15) is 11.5 Å². The summed E-state index contributed by atoms with van der Waals surface area (Å²) in [4.78, 5) is 30.1. The van der Waals surface area contributed by atoms with E-state index in [-0.39, 0.29) is 17.9 Å². The van der Waals surface area contributed by atoms with Crippen molar-refractivity contribution in [3.8, 4) is 22.9 Å². The molecular weight excluding hydrogens is 681 g/mol. The minimum absolute atomic E-state index is 0.00205. The number of anilines is 2. The van der Waals surface area contributed by atoms with Gasteiger partial charge in [0.05, 0.1) is 42.0 Å². The second kappa shape index (κ2) is 14.1. The molecule has 3 N–H and O–H groups in total. The van der Waals surface area contributed by atoms with E-state index in [4.69, 9.17) is 15.2 Å². The summed E-state index contributed by atoms with van der Waals surface area (Å²) in [6.45, 7) is 2.08. The summed E-state index contributed by atoms with van der Waals surface area (Å²) < 4.78 is 15.8. The zero-order valence-corrected chi connectivity index (χ0v) is 29.6. The highest BCUT2D eigenvalue weighted by atomic mass is 16.5. The van der Waals surface area contributed by atoms with Gasteiger partial charge in [-0.05, 0) is 84.1 Å². The summed E-state index contributed by atoms with van der Waals surface area (Å²) in [5.74, 6) is 0.946. The molecule has 4 atom stereocenters. The number of nitrogens with zero attached hydrogens (tertiary/aromatic N) is 6. The molecule has 54 heavy (non-hydrogen) atoms. The predicted molar refractivity (Wildman–Crippen MR) is 204 cm³/mol. The maximum absolute atomic E-state index is 13.8. The third-order valence-corrected chi connectivity index (χ3v) is 10.6. The van der Waals surface area contributed by atoms with E-state index in [9.17, 15) is 9.59 Å². The van der Waals surface area contributed by atoms with E-state index in [1.54, 1.807) is 6.20 Å². The molecule has 272 valence electrons. The van der Waals surface area contributed by atoms with Crippen molar-refractivity contribution in [2.75, 3.05) is 22.9 Å². The Morgan fingerprint density at radius 1 is 0.704 bits per heavy atom. The van der Waals surface area contributed by atoms with E-state index in [2.05, 4.69) is 67.9 Å². The maximum Gasteiger partial charge on any atom is 0.263 e. The number of amides is 2. The second-order valence-electron chi connectivity index (χ2n) is 14.1. The van der Waals surface area contributed by atoms with Crippen LogP contribution < -0.4 is 30.3 Å². The van der Waals surface area contributed by atoms with Crippen molar-refractivity contribution < 1.29 is 19.1 Å². The van der Waals surface area contributed by atoms with Crippen molar-refractivity contribution in [2.45, 2.75) is 50.1 Å². The number of aromatic nitrogens is 4. The Balaban J connectivity index is 0.835. The number of hydrogen-bond donors (Lipinski definition) is 2. The van der Waals surface area contributed by atoms with Gasteiger partial charge >= 0.3 is 0 Å². The van der Waals surface area contributed by atoms with Crippen molar-refractivity contribution in [1.82, 2.24) is 24.9 Å². The molecule has 1 aliphatic carbocycles. The Labute approximate surface area is 312 Å². The number of primary amides is 1. The van der Waals surface area contributed by atoms with Crippen LogP contribution in [0.2, 0.25) is 0 Å². The molecule has 3 aliphatic rings. The van der Waals surface area contributed by atoms with Crippen LogP contribution in [0, 0.1) is 0 Å². The zero-order valence-electron chi connectivity index (χ0n) is 29.6. The van der Waals surface area contributed by atoms with Crippen molar-refractivity contribution in [2.24, 2.45) is 5.73 Å². The minimum Gasteiger partial charge on any atom is -0.477 e. The third kappa shape index (κ3) is 6.62. The fraction of sp³-hybridized carbons (Fsp3) is 0.238. The molecule has 4 heterocycles. The van der Waals surface area contributed by atoms with Gasteiger partial charge in [-0.3, -0.25) is 9.59 Å². The summed E-state index contributed by atoms with van der Waals surface area (Å²) in [5.41, 5.74) is 12.7. The predicted octanol–water partition coefficient (Wildman–Crippen LogP) is 5.14. The van der Waals surface area contributed by atoms with E-state index in [0.29, 0.717) is 37.7 Å². The lowest BCUT2D eigenvalue weighted by molar-refractivity contribution is -0.129. The SMILES string of the molecule is NC(=O)C1CN(Cc2ccc(-n3cc(C4CCC4NC(=O)C4CN(Cc5ccc(-n6cccn6)cc5)c5ccccc5O4)cn3)cc2)c2ccccc2O1. The van der Waals surface area contributed by atoms with Crippen LogP contribution in [0.4, 0.5) is 11.4 Å². The quantitative estimate of drug-likeness (QED) is 0.199. The highest BCUT2D eigenvalue weighted by Crippen LogP contribution is 2.39. The van der Waals surface area contributed by atoms with E-state index < -0.39 is 18.1 Å². The van der Waals surface area contributed by atoms with Crippen molar-refractivity contribution in [3.05, 3.63) is 145 Å². The molecule has 12 heteroatoms. The molecule has 0 saturated heterocycles. The molecule has 2 aromatic heterocycles. The van der Waals surface area contributed by atoms with E-state index in [0.717, 1.165) is 52.3 Å². The number of para-hydroxylation sites is 4. The van der Waals surface area contributed by atoms with Gasteiger partial charge in [-0.1, -0.05) is 48.5 Å². The van der Waals surface area contributed by atoms with Crippen molar-refractivity contribution >= 4 is 23.2 Å². The molecule has 12 nitrogen and oxygen atoms in total. The average molecular weight is 721 g/mol. The van der Waals surface area contributed by atoms with Crippen molar-refractivity contribution in [1.29, 1.82) is 0 Å². The van der Waals surface area contributed by atoms with Crippen LogP contribution in [-0.2, 0) is 22.7 Å². The summed E-state index contributed by atoms with van der Waals surface area (Å²) >= 11 is 0. The first-order valence-corrected chi connectivity index (χ1v) is 18.3. The van der Waals surface area contributed by atoms with Crippen LogP contribution >= 0.6 is 0 Å². The van der Waals surface area contributed by atoms with Crippen molar-refractivity contribution in [3.63, 3.8) is 0 Å². The number of ether oxygens (including phenoxy) is 2. The molecule has 9 rings (SSSR count). The van der Waals surface area contributed by atoms with E-state index in [1.165, 1.54) is 0 Å². The Hall–Kier alpha value is -6.56. The second-order valence-corrected chi connectivity index (χ2v) is 14.1. The number of hydrogen-bond acceptors (Lipinski definition) is 8. The Kier molecular flexibility index (Phi) is 8.70. The van der Waals surface area contributed by atoms with E-state index in [1.807, 2.05) is 88.5 Å². The fourth-order valence-electron chi connectivity index (χ4n) is 7.59. The maximum atomic E-state index is 13.8. The molecule has 1 fully saturated rings. The molecule has 2 aliphatic heterocycles. The van der Waals surface area contributed by atoms with Crippen LogP contribution in [0.25, 0.3) is 11.4 Å². The van der Waals surface area contributed by atoms with Gasteiger partial charge in [0.25, 0.3) is 11.8 Å². The fourth-order valence-corrected chi connectivity index (χ4v) is 7.59. The Morgan fingerprint density at radius 2 is 1.30 bits per heavy atom. The van der Waals surface area contributed by atoms with Gasteiger partial charge in [0.2, 0.25) is 0 Å². The van der Waals surface area contributed by atoms with Gasteiger partial charge in [-0.25, -0.2) is 9.36 Å². The first kappa shape index (κ1) is 33.3. The number of nitrogens with two attached hydrogens (primary N) is 1. The molecule has 6 aromatic rings. The number of carbonyl (C=O) groups excluding carboxylic acids is 2. The van der Waals surface area contributed by atoms with Crippen LogP contribution in [0.5, 0.6) is 11.5 Å². The van der Waals surface area contributed by atoms with Crippen LogP contribution in [0.15, 0.2) is 128 Å². The van der Waals surface area contributed by atoms with Crippen LogP contribution in [0.3, 0.4) is 0 Å². The normalized spacial score (nSPS) is 20.1. The molecule has 4 unspecified atom stereocenters. The molecule has 1 saturated carbocycles. The topological polar surface area (TPSA) is 133 Å². The number of nitrogens with one attached hydrogen (secondary N) is 1. The largest absolute Gasteiger partial charge is 0.477 e. The molecule has 0 bridgehead atoms. The van der Waals surface area contributed by atoms with Gasteiger partial charge < -0.3 is 30.3 Å². The highest BCUT2D eigenvalue weighted by Gasteiger charge is 2.38. The molecule has 4 aromatic carbocycles. The minimum atomic E-state index is -0.703. The average Bonchev–Trinajstić information content (AvgIpc) is 3.91. The number of benzene rings is 4. The molecule has 0 spiro atoms. The van der Waals surface area contributed by atoms with Gasteiger partial charge in [0.15, 0.2) is 12.2 Å². The Bertz CT molecular complexity index is 2270. The highest BCUT2D eigenvalue weighted by molar-refractivity contribution is 5.84.